The van der Waals surface area contributed by atoms with Gasteiger partial charge in [-0.3, -0.25) is 5.32 Å². The first-order valence-electron chi connectivity index (χ1n) is 6.68. The average Bonchev–Trinajstić information content (AvgIpc) is 2.39. The number of rotatable bonds is 7. The number of carboxylic acid groups (broad SMARTS) is 1. The predicted octanol–water partition coefficient (Wildman–Crippen LogP) is 2.77. The number of nitrogens with one attached hydrogen (secondary N) is 1. The average molecular weight is 265 g/mol. The molecule has 0 aliphatic carbocycles. The van der Waals surface area contributed by atoms with Gasteiger partial charge in [-0.2, -0.15) is 0 Å². The molecule has 0 aromatic heterocycles. The zero-order chi connectivity index (χ0) is 14.5. The molecule has 2 N–H and O–H groups in total. The molecule has 0 saturated heterocycles. The van der Waals surface area contributed by atoms with Crippen LogP contribution < -0.4 is 10.1 Å². The first kappa shape index (κ1) is 15.5. The summed E-state index contributed by atoms with van der Waals surface area (Å²) < 4.78 is 5.37. The Labute approximate surface area is 114 Å². The molecule has 0 aliphatic heterocycles. The third-order valence-corrected chi connectivity index (χ3v) is 3.32. The third kappa shape index (κ3) is 3.70. The lowest BCUT2D eigenvalue weighted by Gasteiger charge is -2.30. The molecule has 0 amide bonds. The summed E-state index contributed by atoms with van der Waals surface area (Å²) in [7, 11) is 0. The van der Waals surface area contributed by atoms with Gasteiger partial charge in [0.15, 0.2) is 0 Å². The Morgan fingerprint density at radius 1 is 1.37 bits per heavy atom. The van der Waals surface area contributed by atoms with E-state index in [-0.39, 0.29) is 6.04 Å². The normalized spacial score (nSPS) is 15.6. The van der Waals surface area contributed by atoms with Crippen LogP contribution in [0, 0.1) is 0 Å². The van der Waals surface area contributed by atoms with Crippen LogP contribution in [-0.4, -0.2) is 23.7 Å². The van der Waals surface area contributed by atoms with Gasteiger partial charge in [0.25, 0.3) is 0 Å². The van der Waals surface area contributed by atoms with E-state index < -0.39 is 11.5 Å². The van der Waals surface area contributed by atoms with Crippen LogP contribution in [0.3, 0.4) is 0 Å². The van der Waals surface area contributed by atoms with E-state index in [4.69, 9.17) is 4.74 Å². The van der Waals surface area contributed by atoms with Crippen molar-refractivity contribution in [2.45, 2.75) is 45.7 Å². The fourth-order valence-electron chi connectivity index (χ4n) is 1.91. The van der Waals surface area contributed by atoms with Gasteiger partial charge in [-0.25, -0.2) is 4.79 Å². The predicted molar refractivity (Wildman–Crippen MR) is 75.5 cm³/mol. The third-order valence-electron chi connectivity index (χ3n) is 3.32. The second kappa shape index (κ2) is 6.57. The van der Waals surface area contributed by atoms with Crippen LogP contribution in [0.2, 0.25) is 0 Å². The molecule has 0 spiro atoms. The summed E-state index contributed by atoms with van der Waals surface area (Å²) in [5, 5.41) is 12.7. The van der Waals surface area contributed by atoms with Crippen molar-refractivity contribution in [1.82, 2.24) is 5.32 Å². The van der Waals surface area contributed by atoms with Gasteiger partial charge in [0.05, 0.1) is 6.61 Å². The summed E-state index contributed by atoms with van der Waals surface area (Å²) >= 11 is 0. The molecule has 2 unspecified atom stereocenters. The fraction of sp³-hybridized carbons (Fsp3) is 0.533. The molecule has 0 heterocycles. The Morgan fingerprint density at radius 2 is 1.95 bits per heavy atom. The molecule has 0 bridgehead atoms. The van der Waals surface area contributed by atoms with Crippen molar-refractivity contribution < 1.29 is 14.6 Å². The van der Waals surface area contributed by atoms with E-state index in [2.05, 4.69) is 5.32 Å². The highest BCUT2D eigenvalue weighted by atomic mass is 16.5. The molecule has 0 saturated carbocycles. The summed E-state index contributed by atoms with van der Waals surface area (Å²) in [4.78, 5) is 11.6. The quantitative estimate of drug-likeness (QED) is 0.796. The maximum absolute atomic E-state index is 11.6. The highest BCUT2D eigenvalue weighted by molar-refractivity contribution is 5.80. The van der Waals surface area contributed by atoms with Gasteiger partial charge in [-0.1, -0.05) is 19.1 Å². The van der Waals surface area contributed by atoms with Gasteiger partial charge in [0.2, 0.25) is 0 Å². The lowest BCUT2D eigenvalue weighted by atomic mass is 9.91. The van der Waals surface area contributed by atoms with Crippen molar-refractivity contribution in [3.8, 4) is 5.75 Å². The Hall–Kier alpha value is -1.55. The number of aliphatic carboxylic acids is 1. The molecule has 1 aromatic carbocycles. The minimum atomic E-state index is -1.08. The van der Waals surface area contributed by atoms with E-state index in [9.17, 15) is 9.90 Å². The van der Waals surface area contributed by atoms with Crippen molar-refractivity contribution in [1.29, 1.82) is 0 Å². The molecular formula is C15H23NO3. The minimum absolute atomic E-state index is 0.132. The van der Waals surface area contributed by atoms with Crippen LogP contribution in [0.4, 0.5) is 0 Å². The lowest BCUT2D eigenvalue weighted by molar-refractivity contribution is -0.145. The van der Waals surface area contributed by atoms with E-state index in [0.717, 1.165) is 17.7 Å². The van der Waals surface area contributed by atoms with Crippen LogP contribution in [-0.2, 0) is 10.3 Å². The topological polar surface area (TPSA) is 58.6 Å². The number of benzene rings is 1. The fourth-order valence-corrected chi connectivity index (χ4v) is 1.91. The summed E-state index contributed by atoms with van der Waals surface area (Å²) in [6.45, 7) is 8.21. The monoisotopic (exact) mass is 265 g/mol. The molecule has 0 aliphatic rings. The van der Waals surface area contributed by atoms with Crippen LogP contribution in [0.25, 0.3) is 0 Å². The molecule has 2 atom stereocenters. The molecule has 0 radical (unpaired) electrons. The molecule has 1 rings (SSSR count). The number of carbonyl (C=O) groups is 1. The standard InChI is InChI=1S/C15H23NO3/c1-5-11(3)16-15(4,14(17)18)12-7-9-13(10-8-12)19-6-2/h7-11,16H,5-6H2,1-4H3,(H,17,18). The Balaban J connectivity index is 3.01. The van der Waals surface area contributed by atoms with E-state index in [1.54, 1.807) is 31.2 Å². The van der Waals surface area contributed by atoms with Crippen LogP contribution in [0.1, 0.15) is 39.7 Å². The molecular weight excluding hydrogens is 242 g/mol. The Morgan fingerprint density at radius 3 is 2.37 bits per heavy atom. The smallest absolute Gasteiger partial charge is 0.328 e. The first-order chi connectivity index (χ1) is 8.93. The van der Waals surface area contributed by atoms with Gasteiger partial charge in [-0.05, 0) is 44.9 Å². The van der Waals surface area contributed by atoms with Crippen molar-refractivity contribution in [2.24, 2.45) is 0 Å². The van der Waals surface area contributed by atoms with E-state index in [1.165, 1.54) is 0 Å². The molecule has 106 valence electrons. The number of carboxylic acids is 1. The summed E-state index contributed by atoms with van der Waals surface area (Å²) in [5.41, 5.74) is -0.357. The molecule has 4 heteroatoms. The second-order valence-electron chi connectivity index (χ2n) is 4.84. The van der Waals surface area contributed by atoms with E-state index >= 15 is 0 Å². The number of hydrogen-bond acceptors (Lipinski definition) is 3. The maximum Gasteiger partial charge on any atom is 0.328 e. The SMILES string of the molecule is CCOc1ccc(C(C)(NC(C)CC)C(=O)O)cc1. The van der Waals surface area contributed by atoms with Gasteiger partial charge in [0.1, 0.15) is 11.3 Å². The summed E-state index contributed by atoms with van der Waals surface area (Å²) in [6.07, 6.45) is 0.875. The Kier molecular flexibility index (Phi) is 5.36. The van der Waals surface area contributed by atoms with E-state index in [1.807, 2.05) is 20.8 Å². The molecule has 1 aromatic rings. The van der Waals surface area contributed by atoms with Gasteiger partial charge < -0.3 is 9.84 Å². The number of hydrogen-bond donors (Lipinski definition) is 2. The highest BCUT2D eigenvalue weighted by Crippen LogP contribution is 2.24. The van der Waals surface area contributed by atoms with Crippen molar-refractivity contribution >= 4 is 5.97 Å². The number of ether oxygens (including phenoxy) is 1. The van der Waals surface area contributed by atoms with Crippen LogP contribution in [0.5, 0.6) is 5.75 Å². The minimum Gasteiger partial charge on any atom is -0.494 e. The van der Waals surface area contributed by atoms with E-state index in [0.29, 0.717) is 6.61 Å². The van der Waals surface area contributed by atoms with Crippen molar-refractivity contribution in [3.63, 3.8) is 0 Å². The summed E-state index contributed by atoms with van der Waals surface area (Å²) in [5.74, 6) is -0.125. The van der Waals surface area contributed by atoms with Gasteiger partial charge in [0, 0.05) is 6.04 Å². The first-order valence-corrected chi connectivity index (χ1v) is 6.68. The highest BCUT2D eigenvalue weighted by Gasteiger charge is 2.35. The molecule has 0 fully saturated rings. The van der Waals surface area contributed by atoms with Crippen LogP contribution in [0.15, 0.2) is 24.3 Å². The molecule has 4 nitrogen and oxygen atoms in total. The van der Waals surface area contributed by atoms with Gasteiger partial charge >= 0.3 is 5.97 Å². The maximum atomic E-state index is 11.6. The lowest BCUT2D eigenvalue weighted by Crippen LogP contribution is -2.50. The summed E-state index contributed by atoms with van der Waals surface area (Å²) in [6, 6.07) is 7.34. The van der Waals surface area contributed by atoms with Crippen molar-refractivity contribution in [3.05, 3.63) is 29.8 Å². The largest absolute Gasteiger partial charge is 0.494 e. The second-order valence-corrected chi connectivity index (χ2v) is 4.84. The van der Waals surface area contributed by atoms with Gasteiger partial charge in [-0.15, -0.1) is 0 Å². The Bertz CT molecular complexity index is 416. The van der Waals surface area contributed by atoms with Crippen molar-refractivity contribution in [2.75, 3.05) is 6.61 Å². The zero-order valence-corrected chi connectivity index (χ0v) is 12.1. The van der Waals surface area contributed by atoms with Crippen LogP contribution >= 0.6 is 0 Å². The zero-order valence-electron chi connectivity index (χ0n) is 12.1. The molecule has 19 heavy (non-hydrogen) atoms.